The van der Waals surface area contributed by atoms with Crippen LogP contribution in [-0.2, 0) is 16.4 Å². The summed E-state index contributed by atoms with van der Waals surface area (Å²) in [6.07, 6.45) is 0.356. The van der Waals surface area contributed by atoms with E-state index >= 15 is 0 Å². The van der Waals surface area contributed by atoms with E-state index in [0.29, 0.717) is 28.6 Å². The number of hydrogen-bond donors (Lipinski definition) is 1. The molecule has 0 bridgehead atoms. The smallest absolute Gasteiger partial charge is 0.233 e. The van der Waals surface area contributed by atoms with E-state index in [9.17, 15) is 8.42 Å². The monoisotopic (exact) mass is 369 g/mol. The molecule has 0 saturated carbocycles. The maximum absolute atomic E-state index is 12.2. The average molecular weight is 370 g/mol. The number of methoxy groups -OCH3 is 2. The topological polar surface area (TPSA) is 64.6 Å². The maximum Gasteiger partial charge on any atom is 0.233 e. The van der Waals surface area contributed by atoms with Gasteiger partial charge in [0.2, 0.25) is 10.0 Å². The molecule has 2 aromatic carbocycles. The number of sulfonamides is 1. The first-order valence-corrected chi connectivity index (χ1v) is 9.35. The summed E-state index contributed by atoms with van der Waals surface area (Å²) in [4.78, 5) is 0. The summed E-state index contributed by atoms with van der Waals surface area (Å²) in [5.41, 5.74) is 2.20. The number of nitrogens with one attached hydrogen (secondary N) is 1. The predicted octanol–water partition coefficient (Wildman–Crippen LogP) is 3.65. The third kappa shape index (κ3) is 4.79. The second kappa shape index (κ2) is 7.77. The van der Waals surface area contributed by atoms with E-state index in [1.807, 2.05) is 13.0 Å². The second-order valence-electron chi connectivity index (χ2n) is 5.32. The fourth-order valence-corrected chi connectivity index (χ4v) is 3.45. The zero-order valence-corrected chi connectivity index (χ0v) is 15.4. The van der Waals surface area contributed by atoms with Crippen molar-refractivity contribution in [2.75, 3.05) is 24.7 Å². The van der Waals surface area contributed by atoms with E-state index in [0.717, 1.165) is 11.1 Å². The van der Waals surface area contributed by atoms with Crippen LogP contribution in [0.15, 0.2) is 36.4 Å². The summed E-state index contributed by atoms with van der Waals surface area (Å²) in [5, 5.41) is 0.523. The normalized spacial score (nSPS) is 11.2. The second-order valence-corrected chi connectivity index (χ2v) is 7.57. The van der Waals surface area contributed by atoms with Crippen LogP contribution in [0.3, 0.4) is 0 Å². The van der Waals surface area contributed by atoms with Crippen molar-refractivity contribution in [3.8, 4) is 11.5 Å². The van der Waals surface area contributed by atoms with Gasteiger partial charge in [-0.05, 0) is 48.7 Å². The molecule has 0 radical (unpaired) electrons. The van der Waals surface area contributed by atoms with Crippen LogP contribution in [0.5, 0.6) is 11.5 Å². The van der Waals surface area contributed by atoms with E-state index in [1.54, 1.807) is 44.6 Å². The van der Waals surface area contributed by atoms with Gasteiger partial charge in [-0.15, -0.1) is 0 Å². The number of aryl methyl sites for hydroxylation is 2. The van der Waals surface area contributed by atoms with Crippen molar-refractivity contribution >= 4 is 27.3 Å². The van der Waals surface area contributed by atoms with Crippen LogP contribution in [0.2, 0.25) is 5.02 Å². The first kappa shape index (κ1) is 18.4. The summed E-state index contributed by atoms with van der Waals surface area (Å²) in [7, 11) is -0.382. The third-order valence-corrected chi connectivity index (χ3v) is 5.25. The van der Waals surface area contributed by atoms with Gasteiger partial charge in [0, 0.05) is 10.7 Å². The predicted molar refractivity (Wildman–Crippen MR) is 96.8 cm³/mol. The summed E-state index contributed by atoms with van der Waals surface area (Å²) in [6, 6.07) is 10.4. The van der Waals surface area contributed by atoms with Gasteiger partial charge in [-0.3, -0.25) is 4.72 Å². The lowest BCUT2D eigenvalue weighted by atomic mass is 10.1. The Bertz CT molecular complexity index is 821. The van der Waals surface area contributed by atoms with Crippen LogP contribution < -0.4 is 14.2 Å². The third-order valence-electron chi connectivity index (χ3n) is 3.55. The van der Waals surface area contributed by atoms with Crippen molar-refractivity contribution in [2.45, 2.75) is 13.3 Å². The molecule has 0 aromatic heterocycles. The minimum atomic E-state index is -3.48. The Morgan fingerprint density at radius 3 is 2.38 bits per heavy atom. The summed E-state index contributed by atoms with van der Waals surface area (Å²) in [5.74, 6) is 1.13. The molecule has 0 spiro atoms. The molecule has 0 fully saturated rings. The molecule has 0 aliphatic rings. The molecule has 0 heterocycles. The molecule has 2 aromatic rings. The average Bonchev–Trinajstić information content (AvgIpc) is 2.56. The first-order valence-electron chi connectivity index (χ1n) is 7.32. The molecule has 0 saturated heterocycles. The largest absolute Gasteiger partial charge is 0.493 e. The highest BCUT2D eigenvalue weighted by Crippen LogP contribution is 2.28. The Morgan fingerprint density at radius 1 is 1.04 bits per heavy atom. The van der Waals surface area contributed by atoms with Crippen LogP contribution in [0, 0.1) is 6.92 Å². The molecular weight excluding hydrogens is 350 g/mol. The van der Waals surface area contributed by atoms with Gasteiger partial charge >= 0.3 is 0 Å². The van der Waals surface area contributed by atoms with Crippen molar-refractivity contribution in [3.05, 3.63) is 52.5 Å². The van der Waals surface area contributed by atoms with Gasteiger partial charge in [0.25, 0.3) is 0 Å². The highest BCUT2D eigenvalue weighted by molar-refractivity contribution is 7.92. The minimum absolute atomic E-state index is 0.0476. The van der Waals surface area contributed by atoms with Crippen LogP contribution in [0.25, 0.3) is 0 Å². The van der Waals surface area contributed by atoms with Crippen molar-refractivity contribution < 1.29 is 17.9 Å². The number of ether oxygens (including phenoxy) is 2. The van der Waals surface area contributed by atoms with E-state index in [4.69, 9.17) is 21.1 Å². The Labute approximate surface area is 147 Å². The highest BCUT2D eigenvalue weighted by atomic mass is 35.5. The fraction of sp³-hybridized carbons (Fsp3) is 0.294. The molecule has 2 rings (SSSR count). The lowest BCUT2D eigenvalue weighted by molar-refractivity contribution is 0.354. The van der Waals surface area contributed by atoms with Gasteiger partial charge in [0.05, 0.1) is 20.0 Å². The Hall–Kier alpha value is -1.92. The number of hydrogen-bond acceptors (Lipinski definition) is 4. The summed E-state index contributed by atoms with van der Waals surface area (Å²) < 4.78 is 37.4. The van der Waals surface area contributed by atoms with Crippen LogP contribution in [-0.4, -0.2) is 28.4 Å². The van der Waals surface area contributed by atoms with Gasteiger partial charge in [-0.2, -0.15) is 0 Å². The van der Waals surface area contributed by atoms with Crippen molar-refractivity contribution in [3.63, 3.8) is 0 Å². The van der Waals surface area contributed by atoms with E-state index < -0.39 is 10.0 Å². The van der Waals surface area contributed by atoms with Crippen LogP contribution in [0.1, 0.15) is 11.1 Å². The lowest BCUT2D eigenvalue weighted by Gasteiger charge is -2.11. The quantitative estimate of drug-likeness (QED) is 0.809. The molecule has 0 aliphatic heterocycles. The molecule has 7 heteroatoms. The Morgan fingerprint density at radius 2 is 1.75 bits per heavy atom. The van der Waals surface area contributed by atoms with Gasteiger partial charge in [-0.1, -0.05) is 23.7 Å². The van der Waals surface area contributed by atoms with Crippen molar-refractivity contribution in [1.82, 2.24) is 0 Å². The standard InChI is InChI=1S/C17H20ClNO4S/c1-12-4-6-14(11-15(12)18)19-24(20,21)9-8-13-5-7-16(22-2)17(10-13)23-3/h4-7,10-11,19H,8-9H2,1-3H3. The van der Waals surface area contributed by atoms with E-state index in [2.05, 4.69) is 4.72 Å². The Balaban J connectivity index is 2.05. The van der Waals surface area contributed by atoms with Gasteiger partial charge in [0.15, 0.2) is 11.5 Å². The van der Waals surface area contributed by atoms with Crippen molar-refractivity contribution in [2.24, 2.45) is 0 Å². The molecule has 0 atom stereocenters. The molecule has 130 valence electrons. The van der Waals surface area contributed by atoms with Gasteiger partial charge < -0.3 is 9.47 Å². The molecule has 24 heavy (non-hydrogen) atoms. The van der Waals surface area contributed by atoms with Gasteiger partial charge in [0.1, 0.15) is 0 Å². The van der Waals surface area contributed by atoms with E-state index in [-0.39, 0.29) is 5.75 Å². The molecule has 1 N–H and O–H groups in total. The highest BCUT2D eigenvalue weighted by Gasteiger charge is 2.13. The number of rotatable bonds is 7. The fourth-order valence-electron chi connectivity index (χ4n) is 2.18. The summed E-state index contributed by atoms with van der Waals surface area (Å²) >= 11 is 6.02. The number of halogens is 1. The molecule has 0 aliphatic carbocycles. The summed E-state index contributed by atoms with van der Waals surface area (Å²) in [6.45, 7) is 1.86. The zero-order chi connectivity index (χ0) is 17.7. The zero-order valence-electron chi connectivity index (χ0n) is 13.8. The maximum atomic E-state index is 12.2. The molecule has 5 nitrogen and oxygen atoms in total. The van der Waals surface area contributed by atoms with Gasteiger partial charge in [-0.25, -0.2) is 8.42 Å². The Kier molecular flexibility index (Phi) is 5.96. The number of benzene rings is 2. The van der Waals surface area contributed by atoms with E-state index in [1.165, 1.54) is 0 Å². The van der Waals surface area contributed by atoms with Crippen LogP contribution >= 0.6 is 11.6 Å². The van der Waals surface area contributed by atoms with Crippen LogP contribution in [0.4, 0.5) is 5.69 Å². The first-order chi connectivity index (χ1) is 11.3. The molecule has 0 unspecified atom stereocenters. The molecular formula is C17H20ClNO4S. The molecule has 0 amide bonds. The van der Waals surface area contributed by atoms with Crippen molar-refractivity contribution in [1.29, 1.82) is 0 Å². The lowest BCUT2D eigenvalue weighted by Crippen LogP contribution is -2.18. The SMILES string of the molecule is COc1ccc(CCS(=O)(=O)Nc2ccc(C)c(Cl)c2)cc1OC. The number of anilines is 1. The minimum Gasteiger partial charge on any atom is -0.493 e.